The highest BCUT2D eigenvalue weighted by Crippen LogP contribution is 2.07. The first-order valence-electron chi connectivity index (χ1n) is 7.51. The number of carbonyl (C=O) groups is 1. The number of hydrogen-bond acceptors (Lipinski definition) is 4. The van der Waals surface area contributed by atoms with E-state index in [-0.39, 0.29) is 5.91 Å². The summed E-state index contributed by atoms with van der Waals surface area (Å²) in [6.07, 6.45) is 0.977. The van der Waals surface area contributed by atoms with Gasteiger partial charge in [-0.05, 0) is 35.9 Å². The minimum Gasteiger partial charge on any atom is -0.323 e. The number of rotatable bonds is 7. The van der Waals surface area contributed by atoms with Crippen molar-refractivity contribution in [2.24, 2.45) is 0 Å². The molecule has 0 aliphatic rings. The van der Waals surface area contributed by atoms with Gasteiger partial charge in [0.25, 0.3) is 5.91 Å². The molecule has 0 radical (unpaired) electrons. The Morgan fingerprint density at radius 3 is 2.73 bits per heavy atom. The van der Waals surface area contributed by atoms with Crippen molar-refractivity contribution in [2.45, 2.75) is 33.4 Å². The van der Waals surface area contributed by atoms with Crippen LogP contribution in [0.5, 0.6) is 0 Å². The smallest absolute Gasteiger partial charge is 0.279 e. The van der Waals surface area contributed by atoms with Crippen LogP contribution in [0.1, 0.15) is 24.7 Å². The second-order valence-electron chi connectivity index (χ2n) is 5.54. The number of carbonyl (C=O) groups excluding carboxylic acids is 1. The average molecular weight is 303 g/mol. The fourth-order valence-corrected chi connectivity index (χ4v) is 2.18. The molecule has 0 spiro atoms. The van der Waals surface area contributed by atoms with Crippen molar-refractivity contribution in [1.29, 1.82) is 0 Å². The lowest BCUT2D eigenvalue weighted by molar-refractivity contribution is -0.886. The normalized spacial score (nSPS) is 12.1. The highest BCUT2D eigenvalue weighted by atomic mass is 16.2. The average Bonchev–Trinajstić information content (AvgIpc) is 2.89. The zero-order valence-electron chi connectivity index (χ0n) is 13.3. The molecule has 0 aliphatic heterocycles. The van der Waals surface area contributed by atoms with Crippen LogP contribution in [-0.4, -0.2) is 39.7 Å². The zero-order valence-corrected chi connectivity index (χ0v) is 13.3. The molecular weight excluding hydrogens is 280 g/mol. The van der Waals surface area contributed by atoms with Gasteiger partial charge in [-0.15, -0.1) is 5.10 Å². The molecule has 1 aromatic heterocycles. The van der Waals surface area contributed by atoms with Gasteiger partial charge in [-0.3, -0.25) is 4.79 Å². The first kappa shape index (κ1) is 16.1. The summed E-state index contributed by atoms with van der Waals surface area (Å²) in [5.74, 6) is 0.790. The minimum absolute atomic E-state index is 0.0177. The number of benzene rings is 1. The molecule has 22 heavy (non-hydrogen) atoms. The van der Waals surface area contributed by atoms with Crippen molar-refractivity contribution < 1.29 is 9.69 Å². The maximum absolute atomic E-state index is 12.1. The number of quaternary nitrogens is 1. The predicted molar refractivity (Wildman–Crippen MR) is 83.4 cm³/mol. The summed E-state index contributed by atoms with van der Waals surface area (Å²) in [6, 6.07) is 7.77. The molecule has 1 unspecified atom stereocenters. The molecule has 1 amide bonds. The fraction of sp³-hybridized carbons (Fsp3) is 0.467. The van der Waals surface area contributed by atoms with Gasteiger partial charge < -0.3 is 10.2 Å². The topological polar surface area (TPSA) is 77.1 Å². The van der Waals surface area contributed by atoms with Gasteiger partial charge in [0.2, 0.25) is 5.82 Å². The van der Waals surface area contributed by atoms with Gasteiger partial charge in [0.15, 0.2) is 6.54 Å². The van der Waals surface area contributed by atoms with Crippen molar-refractivity contribution in [3.8, 4) is 0 Å². The molecule has 2 aromatic rings. The molecule has 0 fully saturated rings. The van der Waals surface area contributed by atoms with Gasteiger partial charge in [-0.1, -0.05) is 24.6 Å². The standard InChI is InChI=1S/C15H22N6O/c1-4-9-21-14(17-18-19-21)10-20(3)11-15(22)16-13-7-5-12(2)6-8-13/h5-8H,4,9-11H2,1-3H3,(H,16,22)/p+1. The summed E-state index contributed by atoms with van der Waals surface area (Å²) in [4.78, 5) is 13.1. The molecule has 7 nitrogen and oxygen atoms in total. The van der Waals surface area contributed by atoms with Gasteiger partial charge in [0, 0.05) is 12.2 Å². The third-order valence-corrected chi connectivity index (χ3v) is 3.30. The summed E-state index contributed by atoms with van der Waals surface area (Å²) in [6.45, 7) is 5.88. The summed E-state index contributed by atoms with van der Waals surface area (Å²) in [5, 5.41) is 14.6. The van der Waals surface area contributed by atoms with Crippen LogP contribution in [-0.2, 0) is 17.9 Å². The first-order chi connectivity index (χ1) is 10.6. The fourth-order valence-electron chi connectivity index (χ4n) is 2.18. The van der Waals surface area contributed by atoms with E-state index in [0.29, 0.717) is 13.1 Å². The lowest BCUT2D eigenvalue weighted by atomic mass is 10.2. The lowest BCUT2D eigenvalue weighted by Crippen LogP contribution is -3.08. The molecule has 118 valence electrons. The van der Waals surface area contributed by atoms with E-state index in [0.717, 1.165) is 29.4 Å². The van der Waals surface area contributed by atoms with E-state index in [9.17, 15) is 4.79 Å². The molecule has 2 N–H and O–H groups in total. The molecule has 0 bridgehead atoms. The van der Waals surface area contributed by atoms with E-state index in [1.54, 1.807) is 4.68 Å². The van der Waals surface area contributed by atoms with Crippen LogP contribution < -0.4 is 10.2 Å². The maximum atomic E-state index is 12.1. The first-order valence-corrected chi connectivity index (χ1v) is 7.51. The third kappa shape index (κ3) is 4.63. The number of hydrogen-bond donors (Lipinski definition) is 2. The second kappa shape index (κ2) is 7.65. The molecule has 1 aromatic carbocycles. The molecule has 0 saturated carbocycles. The van der Waals surface area contributed by atoms with Crippen LogP contribution in [0.15, 0.2) is 24.3 Å². The van der Waals surface area contributed by atoms with E-state index in [1.165, 1.54) is 5.56 Å². The largest absolute Gasteiger partial charge is 0.323 e. The third-order valence-electron chi connectivity index (χ3n) is 3.30. The Balaban J connectivity index is 1.85. The Hall–Kier alpha value is -2.28. The van der Waals surface area contributed by atoms with Crippen LogP contribution in [0.2, 0.25) is 0 Å². The molecule has 1 atom stereocenters. The predicted octanol–water partition coefficient (Wildman–Crippen LogP) is 0.0449. The Morgan fingerprint density at radius 2 is 2.05 bits per heavy atom. The SMILES string of the molecule is CCCn1nnnc1C[NH+](C)CC(=O)Nc1ccc(C)cc1. The zero-order chi connectivity index (χ0) is 15.9. The number of nitrogens with zero attached hydrogens (tertiary/aromatic N) is 4. The number of tetrazole rings is 1. The van der Waals surface area contributed by atoms with E-state index in [4.69, 9.17) is 0 Å². The Labute approximate surface area is 130 Å². The van der Waals surface area contributed by atoms with Crippen LogP contribution in [0.3, 0.4) is 0 Å². The molecule has 0 aliphatic carbocycles. The summed E-state index contributed by atoms with van der Waals surface area (Å²) in [7, 11) is 1.96. The van der Waals surface area contributed by atoms with Crippen LogP contribution in [0, 0.1) is 6.92 Å². The van der Waals surface area contributed by atoms with Crippen molar-refractivity contribution in [3.63, 3.8) is 0 Å². The number of nitrogens with one attached hydrogen (secondary N) is 2. The van der Waals surface area contributed by atoms with Gasteiger partial charge in [-0.25, -0.2) is 4.68 Å². The Morgan fingerprint density at radius 1 is 1.32 bits per heavy atom. The van der Waals surface area contributed by atoms with Crippen LogP contribution in [0.4, 0.5) is 5.69 Å². The van der Waals surface area contributed by atoms with Crippen molar-refractivity contribution in [2.75, 3.05) is 18.9 Å². The quantitative estimate of drug-likeness (QED) is 0.757. The van der Waals surface area contributed by atoms with Crippen LogP contribution in [0.25, 0.3) is 0 Å². The lowest BCUT2D eigenvalue weighted by Gasteiger charge is -2.13. The second-order valence-corrected chi connectivity index (χ2v) is 5.54. The highest BCUT2D eigenvalue weighted by Gasteiger charge is 2.15. The van der Waals surface area contributed by atoms with E-state index in [1.807, 2.05) is 38.2 Å². The molecule has 1 heterocycles. The molecule has 7 heteroatoms. The monoisotopic (exact) mass is 303 g/mol. The van der Waals surface area contributed by atoms with Crippen molar-refractivity contribution in [1.82, 2.24) is 20.2 Å². The van der Waals surface area contributed by atoms with E-state index in [2.05, 4.69) is 27.8 Å². The van der Waals surface area contributed by atoms with Crippen LogP contribution >= 0.6 is 0 Å². The minimum atomic E-state index is -0.0177. The summed E-state index contributed by atoms with van der Waals surface area (Å²) in [5.41, 5.74) is 1.99. The van der Waals surface area contributed by atoms with Gasteiger partial charge >= 0.3 is 0 Å². The van der Waals surface area contributed by atoms with Gasteiger partial charge in [0.05, 0.1) is 7.05 Å². The molecular formula is C15H23N6O+. The molecule has 2 rings (SSSR count). The number of amides is 1. The van der Waals surface area contributed by atoms with E-state index < -0.39 is 0 Å². The van der Waals surface area contributed by atoms with Gasteiger partial charge in [-0.2, -0.15) is 0 Å². The Bertz CT molecular complexity index is 607. The van der Waals surface area contributed by atoms with Crippen molar-refractivity contribution in [3.05, 3.63) is 35.7 Å². The number of likely N-dealkylation sites (N-methyl/N-ethyl adjacent to an activating group) is 1. The number of anilines is 1. The Kier molecular flexibility index (Phi) is 5.60. The van der Waals surface area contributed by atoms with E-state index >= 15 is 0 Å². The summed E-state index contributed by atoms with van der Waals surface area (Å²) < 4.78 is 1.79. The van der Waals surface area contributed by atoms with Crippen molar-refractivity contribution >= 4 is 11.6 Å². The maximum Gasteiger partial charge on any atom is 0.279 e. The van der Waals surface area contributed by atoms with Gasteiger partial charge in [0.1, 0.15) is 6.54 Å². The number of aryl methyl sites for hydroxylation is 2. The number of aromatic nitrogens is 4. The highest BCUT2D eigenvalue weighted by molar-refractivity contribution is 5.91. The summed E-state index contributed by atoms with van der Waals surface area (Å²) >= 11 is 0. The molecule has 0 saturated heterocycles.